The molecule has 0 saturated carbocycles. The Bertz CT molecular complexity index is 875. The van der Waals surface area contributed by atoms with Crippen LogP contribution in [-0.2, 0) is 13.0 Å². The van der Waals surface area contributed by atoms with Gasteiger partial charge in [-0.25, -0.2) is 4.98 Å². The van der Waals surface area contributed by atoms with E-state index in [2.05, 4.69) is 51.6 Å². The Labute approximate surface area is 159 Å². The van der Waals surface area contributed by atoms with E-state index in [-0.39, 0.29) is 0 Å². The van der Waals surface area contributed by atoms with Crippen molar-refractivity contribution >= 4 is 22.7 Å². The van der Waals surface area contributed by atoms with Crippen molar-refractivity contribution in [2.75, 3.05) is 19.9 Å². The fourth-order valence-electron chi connectivity index (χ4n) is 3.90. The highest BCUT2D eigenvalue weighted by Crippen LogP contribution is 2.29. The molecule has 1 saturated heterocycles. The van der Waals surface area contributed by atoms with E-state index in [0.717, 1.165) is 19.5 Å². The third kappa shape index (κ3) is 3.60. The fraction of sp³-hybridized carbons (Fsp3) is 0.381. The number of methoxy groups -OCH3 is 1. The van der Waals surface area contributed by atoms with Gasteiger partial charge < -0.3 is 9.72 Å². The summed E-state index contributed by atoms with van der Waals surface area (Å²) >= 11 is 1.80. The first-order valence-corrected chi connectivity index (χ1v) is 10.4. The van der Waals surface area contributed by atoms with Gasteiger partial charge >= 0.3 is 0 Å². The van der Waals surface area contributed by atoms with Crippen LogP contribution in [0, 0.1) is 0 Å². The molecule has 5 heteroatoms. The van der Waals surface area contributed by atoms with Crippen molar-refractivity contribution < 1.29 is 4.74 Å². The number of H-pyrrole nitrogens is 1. The predicted octanol–water partition coefficient (Wildman–Crippen LogP) is 4.50. The van der Waals surface area contributed by atoms with Crippen LogP contribution in [0.3, 0.4) is 0 Å². The van der Waals surface area contributed by atoms with Gasteiger partial charge in [0.1, 0.15) is 0 Å². The third-order valence-corrected chi connectivity index (χ3v) is 6.05. The minimum atomic E-state index is 0.592. The first-order chi connectivity index (χ1) is 12.8. The van der Waals surface area contributed by atoms with E-state index < -0.39 is 0 Å². The minimum absolute atomic E-state index is 0.592. The Morgan fingerprint density at radius 2 is 2.23 bits per heavy atom. The molecule has 26 heavy (non-hydrogen) atoms. The van der Waals surface area contributed by atoms with Crippen LogP contribution in [0.25, 0.3) is 10.9 Å². The summed E-state index contributed by atoms with van der Waals surface area (Å²) in [5.74, 6) is 0.676. The summed E-state index contributed by atoms with van der Waals surface area (Å²) in [4.78, 5) is 11.7. The van der Waals surface area contributed by atoms with E-state index in [0.29, 0.717) is 11.9 Å². The number of likely N-dealkylation sites (tertiary alicyclic amines) is 1. The molecule has 1 aliphatic heterocycles. The Morgan fingerprint density at radius 3 is 3.00 bits per heavy atom. The first kappa shape index (κ1) is 17.4. The van der Waals surface area contributed by atoms with Crippen LogP contribution in [-0.4, -0.2) is 40.8 Å². The smallest absolute Gasteiger partial charge is 0.212 e. The summed E-state index contributed by atoms with van der Waals surface area (Å²) in [6.45, 7) is 2.12. The second-order valence-corrected chi connectivity index (χ2v) is 7.78. The standard InChI is InChI=1S/C21H25N3OS/c1-25-21-8-5-15(12-23-21)14-24-9-3-4-17(24)10-16-13-22-20-7-6-18(26-2)11-19(16)20/h5-8,11-13,17,22H,3-4,9-10,14H2,1-2H3. The molecule has 0 spiro atoms. The molecule has 0 bridgehead atoms. The van der Waals surface area contributed by atoms with Crippen molar-refractivity contribution in [3.63, 3.8) is 0 Å². The normalized spacial score (nSPS) is 17.8. The fourth-order valence-corrected chi connectivity index (χ4v) is 4.34. The number of nitrogens with zero attached hydrogens (tertiary/aromatic N) is 2. The lowest BCUT2D eigenvalue weighted by Gasteiger charge is -2.24. The van der Waals surface area contributed by atoms with E-state index in [9.17, 15) is 0 Å². The number of pyridine rings is 1. The summed E-state index contributed by atoms with van der Waals surface area (Å²) in [5.41, 5.74) is 3.92. The lowest BCUT2D eigenvalue weighted by Crippen LogP contribution is -2.30. The maximum atomic E-state index is 5.16. The van der Waals surface area contributed by atoms with Gasteiger partial charge in [0.05, 0.1) is 7.11 Å². The third-order valence-electron chi connectivity index (χ3n) is 5.32. The molecule has 3 aromatic rings. The maximum Gasteiger partial charge on any atom is 0.212 e. The number of benzene rings is 1. The number of fused-ring (bicyclic) bond motifs is 1. The van der Waals surface area contributed by atoms with Crippen molar-refractivity contribution in [1.82, 2.24) is 14.9 Å². The average Bonchev–Trinajstić information content (AvgIpc) is 3.29. The number of hydrogen-bond donors (Lipinski definition) is 1. The second-order valence-electron chi connectivity index (χ2n) is 6.90. The van der Waals surface area contributed by atoms with Gasteiger partial charge in [-0.15, -0.1) is 11.8 Å². The Morgan fingerprint density at radius 1 is 1.31 bits per heavy atom. The quantitative estimate of drug-likeness (QED) is 0.651. The molecular formula is C21H25N3OS. The van der Waals surface area contributed by atoms with Crippen LogP contribution >= 0.6 is 11.8 Å². The van der Waals surface area contributed by atoms with Crippen LogP contribution in [0.1, 0.15) is 24.0 Å². The molecule has 136 valence electrons. The number of thioether (sulfide) groups is 1. The Balaban J connectivity index is 1.50. The van der Waals surface area contributed by atoms with Crippen molar-refractivity contribution in [3.05, 3.63) is 53.9 Å². The molecule has 3 heterocycles. The van der Waals surface area contributed by atoms with E-state index in [1.165, 1.54) is 39.8 Å². The zero-order valence-corrected chi connectivity index (χ0v) is 16.2. The van der Waals surface area contributed by atoms with Crippen molar-refractivity contribution in [3.8, 4) is 5.88 Å². The minimum Gasteiger partial charge on any atom is -0.481 e. The molecule has 1 aromatic carbocycles. The van der Waals surface area contributed by atoms with Gasteiger partial charge in [-0.1, -0.05) is 6.07 Å². The van der Waals surface area contributed by atoms with Crippen LogP contribution in [0.5, 0.6) is 5.88 Å². The molecule has 1 aliphatic rings. The zero-order valence-electron chi connectivity index (χ0n) is 15.4. The lowest BCUT2D eigenvalue weighted by atomic mass is 10.0. The second kappa shape index (κ2) is 7.72. The molecule has 4 rings (SSSR count). The van der Waals surface area contributed by atoms with Gasteiger partial charge in [0.25, 0.3) is 0 Å². The first-order valence-electron chi connectivity index (χ1n) is 9.14. The summed E-state index contributed by atoms with van der Waals surface area (Å²) < 4.78 is 5.16. The van der Waals surface area contributed by atoms with Gasteiger partial charge in [-0.2, -0.15) is 0 Å². The lowest BCUT2D eigenvalue weighted by molar-refractivity contribution is 0.244. The number of ether oxygens (including phenoxy) is 1. The highest BCUT2D eigenvalue weighted by Gasteiger charge is 2.25. The molecular weight excluding hydrogens is 342 g/mol. The van der Waals surface area contributed by atoms with Gasteiger partial charge in [0.2, 0.25) is 5.88 Å². The Hall–Kier alpha value is -1.98. The molecule has 1 unspecified atom stereocenters. The van der Waals surface area contributed by atoms with Crippen LogP contribution in [0.2, 0.25) is 0 Å². The number of aromatic nitrogens is 2. The van der Waals surface area contributed by atoms with Crippen LogP contribution in [0.4, 0.5) is 0 Å². The number of aromatic amines is 1. The molecule has 2 aromatic heterocycles. The number of nitrogens with one attached hydrogen (secondary N) is 1. The Kier molecular flexibility index (Phi) is 5.18. The summed E-state index contributed by atoms with van der Waals surface area (Å²) in [7, 11) is 1.65. The molecule has 0 amide bonds. The largest absolute Gasteiger partial charge is 0.481 e. The summed E-state index contributed by atoms with van der Waals surface area (Å²) in [6.07, 6.45) is 9.90. The zero-order chi connectivity index (χ0) is 17.9. The van der Waals surface area contributed by atoms with Gasteiger partial charge in [0, 0.05) is 46.8 Å². The molecule has 1 atom stereocenters. The van der Waals surface area contributed by atoms with Crippen molar-refractivity contribution in [1.29, 1.82) is 0 Å². The van der Waals surface area contributed by atoms with E-state index in [4.69, 9.17) is 4.74 Å². The monoisotopic (exact) mass is 367 g/mol. The van der Waals surface area contributed by atoms with E-state index in [1.54, 1.807) is 18.9 Å². The SMILES string of the molecule is COc1ccc(CN2CCCC2Cc2c[nH]c3ccc(SC)cc23)cn1. The van der Waals surface area contributed by atoms with Crippen molar-refractivity contribution in [2.24, 2.45) is 0 Å². The predicted molar refractivity (Wildman–Crippen MR) is 108 cm³/mol. The highest BCUT2D eigenvalue weighted by molar-refractivity contribution is 7.98. The topological polar surface area (TPSA) is 41.1 Å². The van der Waals surface area contributed by atoms with Crippen molar-refractivity contribution in [2.45, 2.75) is 36.7 Å². The van der Waals surface area contributed by atoms with E-state index in [1.807, 2.05) is 12.3 Å². The van der Waals surface area contributed by atoms with Crippen LogP contribution in [0.15, 0.2) is 47.6 Å². The average molecular weight is 368 g/mol. The molecule has 1 fully saturated rings. The molecule has 4 nitrogen and oxygen atoms in total. The number of hydrogen-bond acceptors (Lipinski definition) is 4. The number of rotatable bonds is 6. The van der Waals surface area contributed by atoms with Crippen LogP contribution < -0.4 is 4.74 Å². The summed E-state index contributed by atoms with van der Waals surface area (Å²) in [6, 6.07) is 11.4. The van der Waals surface area contributed by atoms with E-state index >= 15 is 0 Å². The highest BCUT2D eigenvalue weighted by atomic mass is 32.2. The van der Waals surface area contributed by atoms with Gasteiger partial charge in [0.15, 0.2) is 0 Å². The molecule has 0 radical (unpaired) electrons. The van der Waals surface area contributed by atoms with Gasteiger partial charge in [-0.3, -0.25) is 4.90 Å². The summed E-state index contributed by atoms with van der Waals surface area (Å²) in [5, 5.41) is 1.37. The maximum absolute atomic E-state index is 5.16. The van der Waals surface area contributed by atoms with Gasteiger partial charge in [-0.05, 0) is 61.4 Å². The molecule has 1 N–H and O–H groups in total. The molecule has 0 aliphatic carbocycles.